The van der Waals surface area contributed by atoms with Crippen LogP contribution in [0.4, 0.5) is 0 Å². The highest BCUT2D eigenvalue weighted by atomic mass is 17.1. The molecule has 0 heterocycles. The van der Waals surface area contributed by atoms with E-state index in [1.807, 2.05) is 43.4 Å². The van der Waals surface area contributed by atoms with E-state index in [4.69, 9.17) is 10.4 Å². The van der Waals surface area contributed by atoms with Crippen molar-refractivity contribution in [3.8, 4) is 0 Å². The fourth-order valence-electron chi connectivity index (χ4n) is 1.82. The summed E-state index contributed by atoms with van der Waals surface area (Å²) in [5, 5.41) is 26.6. The second-order valence-corrected chi connectivity index (χ2v) is 5.47. The highest BCUT2D eigenvalue weighted by Gasteiger charge is 2.05. The van der Waals surface area contributed by atoms with Gasteiger partial charge in [-0.05, 0) is 32.1 Å². The highest BCUT2D eigenvalue weighted by Crippen LogP contribution is 2.06. The van der Waals surface area contributed by atoms with Gasteiger partial charge in [0.25, 0.3) is 0 Å². The molecule has 0 aromatic rings. The van der Waals surface area contributed by atoms with Crippen LogP contribution in [0.5, 0.6) is 0 Å². The molecule has 2 atom stereocenters. The molecule has 0 aliphatic heterocycles. The Labute approximate surface area is 150 Å². The second kappa shape index (κ2) is 16.9. The number of aliphatic hydroxyl groups excluding tert-OH is 1. The molecule has 0 aromatic carbocycles. The summed E-state index contributed by atoms with van der Waals surface area (Å²) in [7, 11) is 0. The van der Waals surface area contributed by atoms with E-state index in [1.165, 1.54) is 0 Å². The van der Waals surface area contributed by atoms with E-state index in [0.29, 0.717) is 12.8 Å². The lowest BCUT2D eigenvalue weighted by molar-refractivity contribution is -0.267. The molecule has 140 valence electrons. The molecule has 0 aliphatic carbocycles. The molecule has 3 N–H and O–H groups in total. The van der Waals surface area contributed by atoms with Crippen molar-refractivity contribution in [3.05, 3.63) is 60.8 Å². The predicted octanol–water partition coefficient (Wildman–Crippen LogP) is 4.43. The number of aliphatic hydroxyl groups is 1. The van der Waals surface area contributed by atoms with Crippen LogP contribution in [0.2, 0.25) is 0 Å². The Balaban J connectivity index is 3.86. The quantitative estimate of drug-likeness (QED) is 0.187. The number of carboxylic acid groups (broad SMARTS) is 1. The zero-order valence-corrected chi connectivity index (χ0v) is 14.8. The monoisotopic (exact) mass is 350 g/mol. The molecule has 0 saturated carbocycles. The van der Waals surface area contributed by atoms with Gasteiger partial charge in [-0.3, -0.25) is 10.1 Å². The summed E-state index contributed by atoms with van der Waals surface area (Å²) >= 11 is 0. The van der Waals surface area contributed by atoms with Crippen molar-refractivity contribution < 1.29 is 25.2 Å². The Morgan fingerprint density at radius 2 is 1.60 bits per heavy atom. The van der Waals surface area contributed by atoms with Gasteiger partial charge >= 0.3 is 5.97 Å². The van der Waals surface area contributed by atoms with E-state index in [0.717, 1.165) is 19.3 Å². The summed E-state index contributed by atoms with van der Waals surface area (Å²) in [4.78, 5) is 14.7. The Morgan fingerprint density at radius 3 is 2.12 bits per heavy atom. The van der Waals surface area contributed by atoms with E-state index < -0.39 is 12.1 Å². The van der Waals surface area contributed by atoms with Crippen LogP contribution in [0.3, 0.4) is 0 Å². The fourth-order valence-corrected chi connectivity index (χ4v) is 1.82. The lowest BCUT2D eigenvalue weighted by atomic mass is 10.1. The molecular formula is C20H30O5. The summed E-state index contributed by atoms with van der Waals surface area (Å²) < 4.78 is 0. The lowest BCUT2D eigenvalue weighted by Crippen LogP contribution is -2.08. The van der Waals surface area contributed by atoms with Crippen LogP contribution in [-0.2, 0) is 9.68 Å². The standard InChI is InChI=1S/C20H30O5/c1-2-18(21)14-11-9-7-5-3-4-6-8-10-12-15-19(25-24)16-13-17-20(22)23/h3-4,7-12,14-15,18-19,21,24H,2,5-6,13,16-17H2,1H3,(H,22,23)/t18?,19-/m1/s1. The van der Waals surface area contributed by atoms with Gasteiger partial charge in [-0.1, -0.05) is 67.7 Å². The van der Waals surface area contributed by atoms with E-state index in [9.17, 15) is 9.90 Å². The van der Waals surface area contributed by atoms with Crippen LogP contribution in [0.25, 0.3) is 0 Å². The lowest BCUT2D eigenvalue weighted by Gasteiger charge is -2.06. The molecular weight excluding hydrogens is 320 g/mol. The second-order valence-electron chi connectivity index (χ2n) is 5.47. The molecule has 0 amide bonds. The van der Waals surface area contributed by atoms with Crippen molar-refractivity contribution in [2.24, 2.45) is 0 Å². The molecule has 0 spiro atoms. The first-order valence-electron chi connectivity index (χ1n) is 8.61. The average molecular weight is 350 g/mol. The van der Waals surface area contributed by atoms with Crippen LogP contribution in [0.15, 0.2) is 60.8 Å². The van der Waals surface area contributed by atoms with Gasteiger partial charge in [0.15, 0.2) is 0 Å². The van der Waals surface area contributed by atoms with Gasteiger partial charge in [0, 0.05) is 6.42 Å². The number of hydrogen-bond donors (Lipinski definition) is 3. The highest BCUT2D eigenvalue weighted by molar-refractivity contribution is 5.66. The third-order valence-corrected chi connectivity index (χ3v) is 3.30. The molecule has 0 fully saturated rings. The van der Waals surface area contributed by atoms with E-state index >= 15 is 0 Å². The molecule has 0 bridgehead atoms. The maximum absolute atomic E-state index is 10.4. The zero-order valence-electron chi connectivity index (χ0n) is 14.8. The van der Waals surface area contributed by atoms with Gasteiger partial charge in [0.05, 0.1) is 6.10 Å². The van der Waals surface area contributed by atoms with Gasteiger partial charge in [-0.25, -0.2) is 4.89 Å². The number of carboxylic acids is 1. The number of aliphatic carboxylic acids is 1. The maximum Gasteiger partial charge on any atom is 0.303 e. The van der Waals surface area contributed by atoms with Gasteiger partial charge < -0.3 is 10.2 Å². The smallest absolute Gasteiger partial charge is 0.303 e. The molecule has 25 heavy (non-hydrogen) atoms. The van der Waals surface area contributed by atoms with Gasteiger partial charge in [0.2, 0.25) is 0 Å². The topological polar surface area (TPSA) is 87.0 Å². The summed E-state index contributed by atoms with van der Waals surface area (Å²) in [5.41, 5.74) is 0. The Kier molecular flexibility index (Phi) is 15.6. The van der Waals surface area contributed by atoms with E-state index in [2.05, 4.69) is 11.0 Å². The van der Waals surface area contributed by atoms with Crippen LogP contribution < -0.4 is 0 Å². The summed E-state index contributed by atoms with van der Waals surface area (Å²) in [5.74, 6) is -0.850. The van der Waals surface area contributed by atoms with Crippen LogP contribution in [0, 0.1) is 0 Å². The van der Waals surface area contributed by atoms with Gasteiger partial charge in [0.1, 0.15) is 6.10 Å². The summed E-state index contributed by atoms with van der Waals surface area (Å²) in [6.07, 6.45) is 21.4. The summed E-state index contributed by atoms with van der Waals surface area (Å²) in [6.45, 7) is 1.93. The Bertz CT molecular complexity index is 474. The predicted molar refractivity (Wildman–Crippen MR) is 100 cm³/mol. The number of hydrogen-bond acceptors (Lipinski definition) is 4. The van der Waals surface area contributed by atoms with Crippen LogP contribution >= 0.6 is 0 Å². The maximum atomic E-state index is 10.4. The van der Waals surface area contributed by atoms with Crippen molar-refractivity contribution in [1.82, 2.24) is 0 Å². The fraction of sp³-hybridized carbons (Fsp3) is 0.450. The van der Waals surface area contributed by atoms with Crippen molar-refractivity contribution in [2.75, 3.05) is 0 Å². The largest absolute Gasteiger partial charge is 0.481 e. The Morgan fingerprint density at radius 1 is 1.00 bits per heavy atom. The first-order valence-corrected chi connectivity index (χ1v) is 8.61. The van der Waals surface area contributed by atoms with Crippen molar-refractivity contribution >= 4 is 5.97 Å². The van der Waals surface area contributed by atoms with Gasteiger partial charge in [-0.15, -0.1) is 0 Å². The average Bonchev–Trinajstić information content (AvgIpc) is 2.60. The van der Waals surface area contributed by atoms with Crippen LogP contribution in [0.1, 0.15) is 45.4 Å². The Hall–Kier alpha value is -1.95. The SMILES string of the molecule is CCC(O)C=CC=CCC=CCC=CC=C[C@H](CCCC(=O)O)OO. The molecule has 0 aromatic heterocycles. The normalized spacial score (nSPS) is 15.3. The number of rotatable bonds is 14. The third-order valence-electron chi connectivity index (χ3n) is 3.30. The minimum atomic E-state index is -0.850. The molecule has 5 heteroatoms. The van der Waals surface area contributed by atoms with Gasteiger partial charge in [-0.2, -0.15) is 0 Å². The van der Waals surface area contributed by atoms with E-state index in [-0.39, 0.29) is 12.5 Å². The van der Waals surface area contributed by atoms with Crippen molar-refractivity contribution in [1.29, 1.82) is 0 Å². The minimum absolute atomic E-state index is 0.0672. The molecule has 0 saturated heterocycles. The molecule has 0 aliphatic rings. The number of carbonyl (C=O) groups is 1. The molecule has 5 nitrogen and oxygen atoms in total. The molecule has 1 unspecified atom stereocenters. The third kappa shape index (κ3) is 16.7. The van der Waals surface area contributed by atoms with E-state index in [1.54, 1.807) is 18.2 Å². The zero-order chi connectivity index (χ0) is 18.8. The van der Waals surface area contributed by atoms with Crippen molar-refractivity contribution in [2.45, 2.75) is 57.7 Å². The minimum Gasteiger partial charge on any atom is -0.481 e. The molecule has 0 rings (SSSR count). The van der Waals surface area contributed by atoms with Crippen LogP contribution in [-0.4, -0.2) is 33.6 Å². The molecule has 0 radical (unpaired) electrons. The number of allylic oxidation sites excluding steroid dienone is 8. The first-order chi connectivity index (χ1) is 12.1. The first kappa shape index (κ1) is 23.1. The van der Waals surface area contributed by atoms with Crippen molar-refractivity contribution in [3.63, 3.8) is 0 Å². The summed E-state index contributed by atoms with van der Waals surface area (Å²) in [6, 6.07) is 0.